The summed E-state index contributed by atoms with van der Waals surface area (Å²) in [6, 6.07) is 0. The molecule has 7 heteroatoms. The molecule has 4 fully saturated rings. The van der Waals surface area contributed by atoms with Crippen molar-refractivity contribution in [3.05, 3.63) is 11.6 Å². The topological polar surface area (TPSA) is 94.5 Å². The van der Waals surface area contributed by atoms with E-state index in [0.717, 1.165) is 44.9 Å². The van der Waals surface area contributed by atoms with E-state index in [1.165, 1.54) is 12.5 Å². The van der Waals surface area contributed by atoms with Crippen molar-refractivity contribution in [2.45, 2.75) is 137 Å². The lowest BCUT2D eigenvalue weighted by Crippen LogP contribution is -2.65. The summed E-state index contributed by atoms with van der Waals surface area (Å²) in [7, 11) is 3.33. The van der Waals surface area contributed by atoms with Crippen molar-refractivity contribution in [2.75, 3.05) is 14.2 Å². The van der Waals surface area contributed by atoms with Gasteiger partial charge in [0.25, 0.3) is 0 Å². The summed E-state index contributed by atoms with van der Waals surface area (Å²) in [6.07, 6.45) is 6.79. The zero-order valence-corrected chi connectivity index (χ0v) is 27.2. The second-order valence-electron chi connectivity index (χ2n) is 16.0. The first-order valence-corrected chi connectivity index (χ1v) is 16.0. The van der Waals surface area contributed by atoms with Crippen molar-refractivity contribution < 1.29 is 34.0 Å². The van der Waals surface area contributed by atoms with Gasteiger partial charge in [-0.3, -0.25) is 4.79 Å². The number of methoxy groups -OCH3 is 2. The fourth-order valence-electron chi connectivity index (χ4n) is 11.1. The number of aliphatic hydroxyl groups is 2. The number of hydrogen-bond donors (Lipinski definition) is 2. The van der Waals surface area contributed by atoms with Gasteiger partial charge in [-0.05, 0) is 87.4 Å². The molecule has 0 spiro atoms. The molecule has 5 rings (SSSR count). The summed E-state index contributed by atoms with van der Waals surface area (Å²) in [5.41, 5.74) is 0.188. The fourth-order valence-corrected chi connectivity index (χ4v) is 11.1. The zero-order valence-electron chi connectivity index (χ0n) is 27.2. The molecule has 0 amide bonds. The van der Waals surface area contributed by atoms with Crippen LogP contribution in [-0.2, 0) is 23.7 Å². The third-order valence-electron chi connectivity index (χ3n) is 13.5. The average Bonchev–Trinajstić information content (AvgIpc) is 3.48. The Hall–Kier alpha value is -0.990. The Bertz CT molecular complexity index is 1050. The summed E-state index contributed by atoms with van der Waals surface area (Å²) in [4.78, 5) is 11.9. The van der Waals surface area contributed by atoms with Crippen LogP contribution < -0.4 is 0 Å². The predicted molar refractivity (Wildman–Crippen MR) is 157 cm³/mol. The van der Waals surface area contributed by atoms with Gasteiger partial charge in [-0.1, -0.05) is 46.3 Å². The number of hydrogen-bond acceptors (Lipinski definition) is 7. The second kappa shape index (κ2) is 10.3. The Morgan fingerprint density at radius 3 is 2.37 bits per heavy atom. The van der Waals surface area contributed by atoms with Crippen LogP contribution in [0.5, 0.6) is 0 Å². The molecule has 0 bridgehead atoms. The molecule has 41 heavy (non-hydrogen) atoms. The molecule has 2 N–H and O–H groups in total. The van der Waals surface area contributed by atoms with Crippen LogP contribution in [0.2, 0.25) is 0 Å². The number of carbonyl (C=O) groups is 1. The first-order chi connectivity index (χ1) is 19.0. The second-order valence-corrected chi connectivity index (χ2v) is 16.0. The Balaban J connectivity index is 1.43. The monoisotopic (exact) mass is 576 g/mol. The highest BCUT2D eigenvalue weighted by Crippen LogP contribution is 2.73. The maximum absolute atomic E-state index is 12.1. The van der Waals surface area contributed by atoms with Crippen LogP contribution in [-0.4, -0.2) is 66.7 Å². The lowest BCUT2D eigenvalue weighted by Gasteiger charge is -2.68. The standard InChI is InChI=1S/C34H56O7/c1-19(35)40-27-14-16-33(7)24-13-15-32(6)21(20-17-22(41-29(20)38-9)28(37)31(4,5)39-10)11-12-23(32)34(24,8)26(36)18-25(33)30(27,2)3/h12,20-22,24-29,36-37H,11,13-18H2,1-10H3/t20-,21-,22+,24+,25-,26+,27+,28-,29+,32-,33+,34-/m0/s1. The molecule has 5 aliphatic rings. The number of ether oxygens (including phenoxy) is 4. The first-order valence-electron chi connectivity index (χ1n) is 16.0. The summed E-state index contributed by atoms with van der Waals surface area (Å²) in [5, 5.41) is 23.3. The van der Waals surface area contributed by atoms with Crippen molar-refractivity contribution in [3.63, 3.8) is 0 Å². The van der Waals surface area contributed by atoms with Gasteiger partial charge in [-0.25, -0.2) is 0 Å². The molecular weight excluding hydrogens is 520 g/mol. The molecule has 1 heterocycles. The van der Waals surface area contributed by atoms with Gasteiger partial charge < -0.3 is 29.2 Å². The lowest BCUT2D eigenvalue weighted by molar-refractivity contribution is -0.221. The number of esters is 1. The molecule has 234 valence electrons. The van der Waals surface area contributed by atoms with Crippen molar-refractivity contribution in [1.29, 1.82) is 0 Å². The van der Waals surface area contributed by atoms with Crippen molar-refractivity contribution >= 4 is 5.97 Å². The van der Waals surface area contributed by atoms with E-state index in [1.54, 1.807) is 14.2 Å². The number of rotatable bonds is 6. The van der Waals surface area contributed by atoms with Gasteiger partial charge in [0.15, 0.2) is 6.29 Å². The highest BCUT2D eigenvalue weighted by molar-refractivity contribution is 5.66. The quantitative estimate of drug-likeness (QED) is 0.311. The predicted octanol–water partition coefficient (Wildman–Crippen LogP) is 5.66. The van der Waals surface area contributed by atoms with E-state index in [4.69, 9.17) is 18.9 Å². The van der Waals surface area contributed by atoms with Crippen LogP contribution in [0.15, 0.2) is 11.6 Å². The number of carbonyl (C=O) groups excluding carboxylic acids is 1. The first kappa shape index (κ1) is 31.4. The molecule has 1 aliphatic heterocycles. The van der Waals surface area contributed by atoms with E-state index < -0.39 is 17.8 Å². The van der Waals surface area contributed by atoms with Gasteiger partial charge in [0.05, 0.1) is 17.8 Å². The minimum atomic E-state index is -0.757. The van der Waals surface area contributed by atoms with E-state index in [1.807, 2.05) is 13.8 Å². The molecule has 12 atom stereocenters. The van der Waals surface area contributed by atoms with E-state index in [9.17, 15) is 15.0 Å². The molecule has 0 aromatic carbocycles. The van der Waals surface area contributed by atoms with E-state index in [2.05, 4.69) is 40.7 Å². The largest absolute Gasteiger partial charge is 0.462 e. The van der Waals surface area contributed by atoms with E-state index in [0.29, 0.717) is 11.8 Å². The highest BCUT2D eigenvalue weighted by atomic mass is 16.7. The van der Waals surface area contributed by atoms with E-state index in [-0.39, 0.29) is 58.0 Å². The number of aliphatic hydroxyl groups excluding tert-OH is 2. The Morgan fingerprint density at radius 1 is 1.07 bits per heavy atom. The van der Waals surface area contributed by atoms with Crippen LogP contribution in [0.1, 0.15) is 100 Å². The minimum absolute atomic E-state index is 0.0564. The van der Waals surface area contributed by atoms with Crippen molar-refractivity contribution in [3.8, 4) is 0 Å². The Labute approximate surface area is 247 Å². The van der Waals surface area contributed by atoms with Crippen LogP contribution in [0.4, 0.5) is 0 Å². The molecule has 7 nitrogen and oxygen atoms in total. The third-order valence-corrected chi connectivity index (χ3v) is 13.5. The van der Waals surface area contributed by atoms with Crippen molar-refractivity contribution in [1.82, 2.24) is 0 Å². The molecule has 1 saturated heterocycles. The highest BCUT2D eigenvalue weighted by Gasteiger charge is 2.69. The van der Waals surface area contributed by atoms with Gasteiger partial charge in [-0.2, -0.15) is 0 Å². The Morgan fingerprint density at radius 2 is 1.76 bits per heavy atom. The van der Waals surface area contributed by atoms with Crippen molar-refractivity contribution in [2.24, 2.45) is 45.3 Å². The van der Waals surface area contributed by atoms with Gasteiger partial charge >= 0.3 is 5.97 Å². The lowest BCUT2D eigenvalue weighted by atomic mass is 9.37. The third kappa shape index (κ3) is 4.50. The molecule has 3 saturated carbocycles. The molecular formula is C34H56O7. The van der Waals surface area contributed by atoms with E-state index >= 15 is 0 Å². The Kier molecular flexibility index (Phi) is 7.89. The van der Waals surface area contributed by atoms with Crippen LogP contribution in [0.3, 0.4) is 0 Å². The van der Waals surface area contributed by atoms with Crippen LogP contribution in [0, 0.1) is 45.3 Å². The van der Waals surface area contributed by atoms with Crippen LogP contribution >= 0.6 is 0 Å². The maximum Gasteiger partial charge on any atom is 0.302 e. The number of fused-ring (bicyclic) bond motifs is 5. The summed E-state index contributed by atoms with van der Waals surface area (Å²) in [6.45, 7) is 17.0. The summed E-state index contributed by atoms with van der Waals surface area (Å²) in [5.74, 6) is 0.880. The summed E-state index contributed by atoms with van der Waals surface area (Å²) < 4.78 is 23.7. The molecule has 0 aromatic rings. The molecule has 0 radical (unpaired) electrons. The SMILES string of the molecule is CO[C@@H]1O[C@@H]([C@H](O)C(C)(C)OC)C[C@H]1[C@@H]1CC=C2[C@]3(C)[C@H](O)C[C@H]4C(C)(C)[C@H](OC(C)=O)CC[C@]4(C)[C@H]3CC[C@]21C. The molecule has 0 aromatic heterocycles. The number of allylic oxidation sites excluding steroid dienone is 1. The summed E-state index contributed by atoms with van der Waals surface area (Å²) >= 11 is 0. The normalized spacial score (nSPS) is 48.0. The zero-order chi connectivity index (χ0) is 30.3. The van der Waals surface area contributed by atoms with Gasteiger partial charge in [0, 0.05) is 37.9 Å². The minimum Gasteiger partial charge on any atom is -0.462 e. The van der Waals surface area contributed by atoms with Gasteiger partial charge in [-0.15, -0.1) is 0 Å². The average molecular weight is 577 g/mol. The molecule has 0 unspecified atom stereocenters. The maximum atomic E-state index is 12.1. The smallest absolute Gasteiger partial charge is 0.302 e. The molecule has 4 aliphatic carbocycles. The van der Waals surface area contributed by atoms with Crippen LogP contribution in [0.25, 0.3) is 0 Å². The fraction of sp³-hybridized carbons (Fsp3) is 0.912. The van der Waals surface area contributed by atoms with Gasteiger partial charge in [0.1, 0.15) is 12.2 Å². The van der Waals surface area contributed by atoms with Gasteiger partial charge in [0.2, 0.25) is 0 Å².